The summed E-state index contributed by atoms with van der Waals surface area (Å²) in [6.07, 6.45) is 7.35. The van der Waals surface area contributed by atoms with Gasteiger partial charge in [0.2, 0.25) is 0 Å². The molecule has 1 aromatic rings. The summed E-state index contributed by atoms with van der Waals surface area (Å²) in [6.45, 7) is 2.21. The molecule has 0 spiro atoms. The van der Waals surface area contributed by atoms with Crippen LogP contribution in [-0.4, -0.2) is 46.7 Å². The van der Waals surface area contributed by atoms with Gasteiger partial charge in [-0.15, -0.1) is 0 Å². The van der Waals surface area contributed by atoms with Gasteiger partial charge in [0.15, 0.2) is 5.69 Å². The number of carbonyl (C=O) groups excluding carboxylic acids is 2. The molecule has 3 rings (SSSR count). The van der Waals surface area contributed by atoms with Crippen molar-refractivity contribution in [2.24, 2.45) is 5.92 Å². The molecule has 6 heteroatoms. The van der Waals surface area contributed by atoms with Crippen molar-refractivity contribution in [1.29, 1.82) is 0 Å². The number of aryl methyl sites for hydroxylation is 1. The minimum absolute atomic E-state index is 0.0392. The molecule has 1 N–H and O–H groups in total. The summed E-state index contributed by atoms with van der Waals surface area (Å²) in [6, 6.07) is 0.243. The van der Waals surface area contributed by atoms with Crippen LogP contribution in [-0.2, 0) is 22.4 Å². The highest BCUT2D eigenvalue weighted by Gasteiger charge is 2.37. The SMILES string of the molecule is COC(=O)[C@@H](C)CN(C(=O)c1n[nH]c2c1CCCCC2)C1CC1. The van der Waals surface area contributed by atoms with E-state index in [0.717, 1.165) is 49.8 Å². The monoisotopic (exact) mass is 319 g/mol. The van der Waals surface area contributed by atoms with E-state index in [4.69, 9.17) is 4.74 Å². The van der Waals surface area contributed by atoms with Gasteiger partial charge in [0, 0.05) is 23.8 Å². The topological polar surface area (TPSA) is 75.3 Å². The number of fused-ring (bicyclic) bond motifs is 1. The molecule has 2 aliphatic carbocycles. The third kappa shape index (κ3) is 3.41. The Labute approximate surface area is 136 Å². The molecule has 1 amide bonds. The second-order valence-electron chi connectivity index (χ2n) is 6.70. The number of amides is 1. The van der Waals surface area contributed by atoms with Gasteiger partial charge in [-0.1, -0.05) is 13.3 Å². The Balaban J connectivity index is 1.79. The van der Waals surface area contributed by atoms with Crippen molar-refractivity contribution in [3.8, 4) is 0 Å². The van der Waals surface area contributed by atoms with E-state index in [0.29, 0.717) is 12.2 Å². The van der Waals surface area contributed by atoms with Crippen LogP contribution in [0.1, 0.15) is 60.8 Å². The number of aromatic amines is 1. The van der Waals surface area contributed by atoms with E-state index in [1.807, 2.05) is 4.90 Å². The predicted molar refractivity (Wildman–Crippen MR) is 85.1 cm³/mol. The Morgan fingerprint density at radius 3 is 2.74 bits per heavy atom. The Morgan fingerprint density at radius 2 is 2.04 bits per heavy atom. The van der Waals surface area contributed by atoms with Crippen LogP contribution in [0.3, 0.4) is 0 Å². The lowest BCUT2D eigenvalue weighted by Crippen LogP contribution is -2.39. The molecular weight excluding hydrogens is 294 g/mol. The average molecular weight is 319 g/mol. The fourth-order valence-electron chi connectivity index (χ4n) is 3.33. The summed E-state index contributed by atoms with van der Waals surface area (Å²) < 4.78 is 4.79. The maximum absolute atomic E-state index is 13.0. The largest absolute Gasteiger partial charge is 0.469 e. The molecule has 2 aliphatic rings. The number of nitrogens with zero attached hydrogens (tertiary/aromatic N) is 2. The summed E-state index contributed by atoms with van der Waals surface area (Å²) in [7, 11) is 1.38. The summed E-state index contributed by atoms with van der Waals surface area (Å²) in [5, 5.41) is 7.37. The van der Waals surface area contributed by atoms with Gasteiger partial charge in [-0.05, 0) is 38.5 Å². The second-order valence-corrected chi connectivity index (χ2v) is 6.70. The van der Waals surface area contributed by atoms with Gasteiger partial charge in [-0.2, -0.15) is 5.10 Å². The van der Waals surface area contributed by atoms with Crippen molar-refractivity contribution in [3.05, 3.63) is 17.0 Å². The van der Waals surface area contributed by atoms with Crippen LogP contribution in [0.5, 0.6) is 0 Å². The molecule has 0 aromatic carbocycles. The average Bonchev–Trinajstić information content (AvgIpc) is 3.36. The molecule has 1 heterocycles. The van der Waals surface area contributed by atoms with E-state index in [-0.39, 0.29) is 23.8 Å². The quantitative estimate of drug-likeness (QED) is 0.666. The van der Waals surface area contributed by atoms with E-state index in [1.165, 1.54) is 13.5 Å². The van der Waals surface area contributed by atoms with Gasteiger partial charge in [0.25, 0.3) is 5.91 Å². The molecule has 23 heavy (non-hydrogen) atoms. The Hall–Kier alpha value is -1.85. The lowest BCUT2D eigenvalue weighted by atomic mass is 10.1. The zero-order chi connectivity index (χ0) is 16.4. The van der Waals surface area contributed by atoms with Crippen LogP contribution in [0.15, 0.2) is 0 Å². The first-order valence-electron chi connectivity index (χ1n) is 8.56. The number of hydrogen-bond donors (Lipinski definition) is 1. The first-order valence-corrected chi connectivity index (χ1v) is 8.56. The fourth-order valence-corrected chi connectivity index (χ4v) is 3.33. The van der Waals surface area contributed by atoms with Gasteiger partial charge >= 0.3 is 5.97 Å². The van der Waals surface area contributed by atoms with Crippen LogP contribution in [0, 0.1) is 5.92 Å². The first-order chi connectivity index (χ1) is 11.1. The number of nitrogens with one attached hydrogen (secondary N) is 1. The minimum atomic E-state index is -0.318. The van der Waals surface area contributed by atoms with Gasteiger partial charge in [-0.25, -0.2) is 0 Å². The van der Waals surface area contributed by atoms with Crippen molar-refractivity contribution in [2.45, 2.75) is 57.9 Å². The van der Waals surface area contributed by atoms with E-state index < -0.39 is 0 Å². The van der Waals surface area contributed by atoms with E-state index >= 15 is 0 Å². The van der Waals surface area contributed by atoms with Crippen molar-refractivity contribution in [2.75, 3.05) is 13.7 Å². The van der Waals surface area contributed by atoms with Crippen molar-refractivity contribution in [3.63, 3.8) is 0 Å². The third-order valence-electron chi connectivity index (χ3n) is 4.83. The van der Waals surface area contributed by atoms with Gasteiger partial charge in [-0.3, -0.25) is 14.7 Å². The van der Waals surface area contributed by atoms with E-state index in [9.17, 15) is 9.59 Å². The third-order valence-corrected chi connectivity index (χ3v) is 4.83. The molecule has 0 aliphatic heterocycles. The summed E-state index contributed by atoms with van der Waals surface area (Å²) in [5.41, 5.74) is 2.76. The van der Waals surface area contributed by atoms with Crippen LogP contribution in [0.25, 0.3) is 0 Å². The predicted octanol–water partition coefficient (Wildman–Crippen LogP) is 2.09. The molecule has 0 unspecified atom stereocenters. The Morgan fingerprint density at radius 1 is 1.30 bits per heavy atom. The molecule has 0 bridgehead atoms. The molecule has 0 saturated heterocycles. The molecular formula is C17H25N3O3. The van der Waals surface area contributed by atoms with E-state index in [1.54, 1.807) is 6.92 Å². The first kappa shape index (κ1) is 16.0. The smallest absolute Gasteiger partial charge is 0.310 e. The standard InChI is InChI=1S/C17H25N3O3/c1-11(17(22)23-2)10-20(12-8-9-12)16(21)15-13-6-4-3-5-7-14(13)18-19-15/h11-12H,3-10H2,1-2H3,(H,18,19)/t11-/m0/s1. The van der Waals surface area contributed by atoms with Crippen molar-refractivity contribution >= 4 is 11.9 Å². The van der Waals surface area contributed by atoms with Crippen LogP contribution >= 0.6 is 0 Å². The summed E-state index contributed by atoms with van der Waals surface area (Å²) in [4.78, 5) is 26.5. The Bertz CT molecular complexity index is 592. The molecule has 126 valence electrons. The number of esters is 1. The van der Waals surface area contributed by atoms with Crippen molar-refractivity contribution in [1.82, 2.24) is 15.1 Å². The highest BCUT2D eigenvalue weighted by Crippen LogP contribution is 2.31. The normalized spacial score (nSPS) is 18.7. The van der Waals surface area contributed by atoms with Gasteiger partial charge < -0.3 is 9.64 Å². The Kier molecular flexibility index (Phi) is 4.68. The maximum Gasteiger partial charge on any atom is 0.310 e. The van der Waals surface area contributed by atoms with Gasteiger partial charge in [0.05, 0.1) is 13.0 Å². The highest BCUT2D eigenvalue weighted by molar-refractivity contribution is 5.94. The lowest BCUT2D eigenvalue weighted by molar-refractivity contribution is -0.145. The molecule has 1 atom stereocenters. The number of H-pyrrole nitrogens is 1. The summed E-state index contributed by atoms with van der Waals surface area (Å²) >= 11 is 0. The zero-order valence-electron chi connectivity index (χ0n) is 13.9. The molecule has 1 aromatic heterocycles. The molecule has 0 radical (unpaired) electrons. The number of hydrogen-bond acceptors (Lipinski definition) is 4. The number of methoxy groups -OCH3 is 1. The van der Waals surface area contributed by atoms with Crippen LogP contribution < -0.4 is 0 Å². The molecule has 1 fully saturated rings. The zero-order valence-corrected chi connectivity index (χ0v) is 13.9. The molecule has 1 saturated carbocycles. The fraction of sp³-hybridized carbons (Fsp3) is 0.706. The highest BCUT2D eigenvalue weighted by atomic mass is 16.5. The van der Waals surface area contributed by atoms with Gasteiger partial charge in [0.1, 0.15) is 0 Å². The number of aromatic nitrogens is 2. The van der Waals surface area contributed by atoms with E-state index in [2.05, 4.69) is 10.2 Å². The van der Waals surface area contributed by atoms with Crippen molar-refractivity contribution < 1.29 is 14.3 Å². The second kappa shape index (κ2) is 6.72. The minimum Gasteiger partial charge on any atom is -0.469 e. The lowest BCUT2D eigenvalue weighted by Gasteiger charge is -2.24. The molecule has 6 nitrogen and oxygen atoms in total. The maximum atomic E-state index is 13.0. The van der Waals surface area contributed by atoms with Crippen LogP contribution in [0.2, 0.25) is 0 Å². The number of ether oxygens (including phenoxy) is 1. The number of rotatable bonds is 5. The van der Waals surface area contributed by atoms with Crippen LogP contribution in [0.4, 0.5) is 0 Å². The summed E-state index contributed by atoms with van der Waals surface area (Å²) in [5.74, 6) is -0.631. The number of carbonyl (C=O) groups is 2.